The maximum atomic E-state index is 12.1. The largest absolute Gasteiger partial charge is 1.00 e. The molecule has 0 aromatic heterocycles. The Kier molecular flexibility index (Phi) is 11.1. The molecule has 0 bridgehead atoms. The predicted octanol–water partition coefficient (Wildman–Crippen LogP) is 1.71. The van der Waals surface area contributed by atoms with Crippen molar-refractivity contribution >= 4 is 10.1 Å². The molecule has 2 aromatic carbocycles. The van der Waals surface area contributed by atoms with Crippen LogP contribution in [0.4, 0.5) is 0 Å². The zero-order valence-corrected chi connectivity index (χ0v) is 19.9. The topological polar surface area (TPSA) is 86.7 Å². The summed E-state index contributed by atoms with van der Waals surface area (Å²) >= 11 is 0. The first-order chi connectivity index (χ1) is 12.4. The van der Waals surface area contributed by atoms with Gasteiger partial charge in [0.15, 0.2) is 0 Å². The van der Waals surface area contributed by atoms with Crippen molar-refractivity contribution in [1.29, 1.82) is 0 Å². The molecule has 5 nitrogen and oxygen atoms in total. The van der Waals surface area contributed by atoms with Crippen LogP contribution >= 0.6 is 0 Å². The summed E-state index contributed by atoms with van der Waals surface area (Å²) in [4.78, 5) is -0.435. The van der Waals surface area contributed by atoms with Gasteiger partial charge in [0.1, 0.15) is 11.5 Å². The average molecular weight is 417 g/mol. The van der Waals surface area contributed by atoms with Crippen LogP contribution in [0.3, 0.4) is 0 Å². The smallest absolute Gasteiger partial charge is 0.870 e. The number of aryl methyl sites for hydroxylation is 1. The Bertz CT molecular complexity index is 821. The number of para-hydroxylation sites is 1. The van der Waals surface area contributed by atoms with Crippen molar-refractivity contribution in [2.45, 2.75) is 56.8 Å². The van der Waals surface area contributed by atoms with E-state index in [9.17, 15) is 13.5 Å². The molecule has 0 aliphatic rings. The minimum Gasteiger partial charge on any atom is -0.870 e. The molecule has 0 aliphatic heterocycles. The number of benzene rings is 2. The van der Waals surface area contributed by atoms with Crippen molar-refractivity contribution in [2.75, 3.05) is 0 Å². The van der Waals surface area contributed by atoms with Crippen LogP contribution in [0.25, 0.3) is 0 Å². The van der Waals surface area contributed by atoms with Crippen LogP contribution in [0.15, 0.2) is 47.4 Å². The molecule has 142 valence electrons. The van der Waals surface area contributed by atoms with Crippen LogP contribution in [0.2, 0.25) is 0 Å². The fraction of sp³-hybridized carbons (Fsp3) is 0.400. The minimum atomic E-state index is -4.40. The zero-order chi connectivity index (χ0) is 19.0. The van der Waals surface area contributed by atoms with Gasteiger partial charge in [0.2, 0.25) is 0 Å². The molecule has 0 amide bonds. The second-order valence-electron chi connectivity index (χ2n) is 6.31. The molecule has 2 rings (SSSR count). The van der Waals surface area contributed by atoms with E-state index in [2.05, 4.69) is 6.92 Å². The van der Waals surface area contributed by atoms with Crippen molar-refractivity contribution in [2.24, 2.45) is 0 Å². The molecule has 0 spiro atoms. The summed E-state index contributed by atoms with van der Waals surface area (Å²) in [5.74, 6) is 0.0417. The number of hydrogen-bond acceptors (Lipinski definition) is 4. The van der Waals surface area contributed by atoms with Gasteiger partial charge in [-0.15, -0.1) is 0 Å². The zero-order valence-electron chi connectivity index (χ0n) is 16.0. The first-order valence-electron chi connectivity index (χ1n) is 8.96. The van der Waals surface area contributed by atoms with Gasteiger partial charge in [0.05, 0.1) is 4.90 Å². The van der Waals surface area contributed by atoms with E-state index in [-0.39, 0.29) is 57.1 Å². The Morgan fingerprint density at radius 3 is 2.30 bits per heavy atom. The Hall–Kier alpha value is -0.414. The molecule has 0 radical (unpaired) electrons. The number of rotatable bonds is 10. The summed E-state index contributed by atoms with van der Waals surface area (Å²) in [6, 6.07) is 10.8. The first-order valence-corrected chi connectivity index (χ1v) is 10.4. The van der Waals surface area contributed by atoms with E-state index >= 15 is 0 Å². The van der Waals surface area contributed by atoms with E-state index in [1.807, 2.05) is 18.2 Å². The molecule has 0 aliphatic carbocycles. The minimum absolute atomic E-state index is 0. The monoisotopic (exact) mass is 416 g/mol. The molecule has 2 aromatic rings. The van der Waals surface area contributed by atoms with E-state index in [1.165, 1.54) is 31.7 Å². The Labute approximate surface area is 204 Å². The molecule has 0 unspecified atom stereocenters. The normalized spacial score (nSPS) is 11.0. The van der Waals surface area contributed by atoms with Gasteiger partial charge in [-0.3, -0.25) is 4.55 Å². The summed E-state index contributed by atoms with van der Waals surface area (Å²) < 4.78 is 36.9. The quantitative estimate of drug-likeness (QED) is 0.362. The molecule has 7 heteroatoms. The third kappa shape index (κ3) is 8.23. The summed E-state index contributed by atoms with van der Waals surface area (Å²) in [6.45, 7) is 2.19. The molecular formula is C20H25KO5S. The second-order valence-corrected chi connectivity index (χ2v) is 7.73. The molecule has 0 saturated heterocycles. The van der Waals surface area contributed by atoms with Crippen LogP contribution in [-0.4, -0.2) is 13.0 Å². The van der Waals surface area contributed by atoms with Crippen molar-refractivity contribution in [1.82, 2.24) is 0 Å². The van der Waals surface area contributed by atoms with Crippen molar-refractivity contribution in [3.8, 4) is 17.2 Å². The Morgan fingerprint density at radius 1 is 0.963 bits per heavy atom. The molecule has 1 N–H and O–H groups in total. The van der Waals surface area contributed by atoms with E-state index in [0.29, 0.717) is 5.75 Å². The fourth-order valence-corrected chi connectivity index (χ4v) is 3.25. The number of ether oxygens (including phenoxy) is 1. The summed E-state index contributed by atoms with van der Waals surface area (Å²) in [5, 5.41) is 12.1. The van der Waals surface area contributed by atoms with Gasteiger partial charge in [-0.2, -0.15) is 8.42 Å². The van der Waals surface area contributed by atoms with Gasteiger partial charge in [-0.05, 0) is 42.7 Å². The number of hydrogen-bond donors (Lipinski definition) is 1. The maximum Gasteiger partial charge on any atom is 1.00 e. The SMILES string of the molecule is CCCCCCCCc1ccccc1Oc1ccc(S(=O)(=O)O)cc1[O-].[K+]. The third-order valence-corrected chi connectivity index (χ3v) is 5.05. The number of unbranched alkanes of at least 4 members (excludes halogenated alkanes) is 5. The van der Waals surface area contributed by atoms with E-state index in [1.54, 1.807) is 6.07 Å². The molecule has 27 heavy (non-hydrogen) atoms. The van der Waals surface area contributed by atoms with Crippen LogP contribution in [0, 0.1) is 0 Å². The predicted molar refractivity (Wildman–Crippen MR) is 99.3 cm³/mol. The van der Waals surface area contributed by atoms with Gasteiger partial charge in [0, 0.05) is 0 Å². The molecular weight excluding hydrogens is 391 g/mol. The summed E-state index contributed by atoms with van der Waals surface area (Å²) in [6.07, 6.45) is 8.04. The van der Waals surface area contributed by atoms with Crippen LogP contribution in [0.5, 0.6) is 17.2 Å². The Balaban J connectivity index is 0.00000364. The molecule has 0 fully saturated rings. The van der Waals surface area contributed by atoms with Gasteiger partial charge >= 0.3 is 51.4 Å². The second kappa shape index (κ2) is 12.2. The standard InChI is InChI=1S/C20H26O5S.K/c1-2-3-4-5-6-7-10-16-11-8-9-12-19(16)25-20-14-13-17(15-18(20)21)26(22,23)24;/h8-9,11-15,21H,2-7,10H2,1H3,(H,22,23,24);/q;+1/p-1. The van der Waals surface area contributed by atoms with Gasteiger partial charge in [-0.1, -0.05) is 63.0 Å². The van der Waals surface area contributed by atoms with E-state index < -0.39 is 20.8 Å². The third-order valence-electron chi connectivity index (χ3n) is 4.21. The summed E-state index contributed by atoms with van der Waals surface area (Å²) in [5.41, 5.74) is 1.02. The van der Waals surface area contributed by atoms with E-state index in [0.717, 1.165) is 37.0 Å². The summed E-state index contributed by atoms with van der Waals surface area (Å²) in [7, 11) is -4.40. The Morgan fingerprint density at radius 2 is 1.63 bits per heavy atom. The van der Waals surface area contributed by atoms with Crippen LogP contribution in [0.1, 0.15) is 51.0 Å². The van der Waals surface area contributed by atoms with Gasteiger partial charge < -0.3 is 9.84 Å². The van der Waals surface area contributed by atoms with Crippen LogP contribution in [-0.2, 0) is 16.5 Å². The molecule has 0 saturated carbocycles. The fourth-order valence-electron chi connectivity index (χ4n) is 2.76. The first kappa shape index (κ1) is 24.6. The van der Waals surface area contributed by atoms with Crippen molar-refractivity contribution in [3.63, 3.8) is 0 Å². The maximum absolute atomic E-state index is 12.1. The molecule has 0 heterocycles. The van der Waals surface area contributed by atoms with Gasteiger partial charge in [-0.25, -0.2) is 0 Å². The average Bonchev–Trinajstić information content (AvgIpc) is 2.60. The van der Waals surface area contributed by atoms with Crippen molar-refractivity contribution < 1.29 is 74.2 Å². The van der Waals surface area contributed by atoms with Crippen molar-refractivity contribution in [3.05, 3.63) is 48.0 Å². The van der Waals surface area contributed by atoms with Crippen LogP contribution < -0.4 is 61.2 Å². The van der Waals surface area contributed by atoms with E-state index in [4.69, 9.17) is 9.29 Å². The van der Waals surface area contributed by atoms with Gasteiger partial charge in [0.25, 0.3) is 10.1 Å². The molecule has 0 atom stereocenters.